The summed E-state index contributed by atoms with van der Waals surface area (Å²) in [7, 11) is 1.52. The molecule has 0 radical (unpaired) electrons. The fourth-order valence-electron chi connectivity index (χ4n) is 3.56. The zero-order valence-corrected chi connectivity index (χ0v) is 18.9. The predicted octanol–water partition coefficient (Wildman–Crippen LogP) is 2.58. The number of nitrogens with one attached hydrogen (secondary N) is 2. The van der Waals surface area contributed by atoms with Gasteiger partial charge in [0.05, 0.1) is 18.5 Å². The van der Waals surface area contributed by atoms with E-state index in [0.717, 1.165) is 32.5 Å². The molecule has 0 saturated carbocycles. The number of thiophene rings is 1. The highest BCUT2D eigenvalue weighted by molar-refractivity contribution is 7.18. The molecule has 0 bridgehead atoms. The van der Waals surface area contributed by atoms with E-state index in [1.165, 1.54) is 18.4 Å². The predicted molar refractivity (Wildman–Crippen MR) is 115 cm³/mol. The van der Waals surface area contributed by atoms with E-state index in [1.807, 2.05) is 11.0 Å². The number of nitrogens with zero attached hydrogens (tertiary/aromatic N) is 6. The molecule has 0 atom stereocenters. The van der Waals surface area contributed by atoms with E-state index in [9.17, 15) is 18.0 Å². The van der Waals surface area contributed by atoms with Crippen molar-refractivity contribution < 1.29 is 22.7 Å². The first-order valence-corrected chi connectivity index (χ1v) is 11.2. The summed E-state index contributed by atoms with van der Waals surface area (Å²) in [6.45, 7) is 3.02. The van der Waals surface area contributed by atoms with Crippen molar-refractivity contribution in [2.24, 2.45) is 0 Å². The van der Waals surface area contributed by atoms with E-state index < -0.39 is 12.0 Å². The van der Waals surface area contributed by atoms with Crippen LogP contribution in [0, 0.1) is 0 Å². The Morgan fingerprint density at radius 1 is 1.27 bits per heavy atom. The number of urea groups is 1. The third kappa shape index (κ3) is 4.94. The van der Waals surface area contributed by atoms with Crippen LogP contribution in [0.15, 0.2) is 6.07 Å². The van der Waals surface area contributed by atoms with Gasteiger partial charge in [0, 0.05) is 25.0 Å². The smallest absolute Gasteiger partial charge is 0.451 e. The van der Waals surface area contributed by atoms with Gasteiger partial charge in [0.1, 0.15) is 17.3 Å². The fraction of sp³-hybridized carbons (Fsp3) is 0.526. The maximum absolute atomic E-state index is 13.2. The molecule has 14 heteroatoms. The quantitative estimate of drug-likeness (QED) is 0.496. The molecule has 1 aliphatic heterocycles. The van der Waals surface area contributed by atoms with E-state index in [1.54, 1.807) is 0 Å². The number of rotatable bonds is 7. The Labute approximate surface area is 191 Å². The topological polar surface area (TPSA) is 110 Å². The summed E-state index contributed by atoms with van der Waals surface area (Å²) in [5.41, 5.74) is 0. The average Bonchev–Trinajstić information content (AvgIpc) is 3.39. The minimum Gasteiger partial charge on any atom is -0.462 e. The van der Waals surface area contributed by atoms with E-state index in [2.05, 4.69) is 37.7 Å². The van der Waals surface area contributed by atoms with Gasteiger partial charge < -0.3 is 24.8 Å². The first kappa shape index (κ1) is 23.0. The number of ether oxygens (including phenoxy) is 1. The summed E-state index contributed by atoms with van der Waals surface area (Å²) in [6, 6.07) is 1.84. The average molecular weight is 485 g/mol. The summed E-state index contributed by atoms with van der Waals surface area (Å²) >= 11 is 1.54. The first-order chi connectivity index (χ1) is 15.8. The molecule has 3 aromatic rings. The molecule has 178 valence electrons. The SMILES string of the molecule is CCCc1cc2c(N3CCn4c(nnc4C(F)(F)F)C3)nc(OCCNC(=O)NC)nc2s1. The Bertz CT molecular complexity index is 1150. The molecule has 10 nitrogen and oxygen atoms in total. The van der Waals surface area contributed by atoms with Crippen LogP contribution in [0.5, 0.6) is 6.01 Å². The lowest BCUT2D eigenvalue weighted by Gasteiger charge is -2.29. The molecule has 2 amide bonds. The van der Waals surface area contributed by atoms with Crippen LogP contribution < -0.4 is 20.3 Å². The van der Waals surface area contributed by atoms with Crippen molar-refractivity contribution in [3.05, 3.63) is 22.6 Å². The van der Waals surface area contributed by atoms with Crippen LogP contribution in [0.4, 0.5) is 23.8 Å². The number of carbonyl (C=O) groups is 1. The van der Waals surface area contributed by atoms with Crippen LogP contribution >= 0.6 is 11.3 Å². The Morgan fingerprint density at radius 2 is 2.09 bits per heavy atom. The van der Waals surface area contributed by atoms with Gasteiger partial charge in [-0.05, 0) is 12.5 Å². The second-order valence-electron chi connectivity index (χ2n) is 7.38. The fourth-order valence-corrected chi connectivity index (χ4v) is 4.67. The largest absolute Gasteiger partial charge is 0.462 e. The molecule has 33 heavy (non-hydrogen) atoms. The van der Waals surface area contributed by atoms with Crippen molar-refractivity contribution in [1.29, 1.82) is 0 Å². The van der Waals surface area contributed by atoms with Crippen LogP contribution in [0.3, 0.4) is 0 Å². The number of aromatic nitrogens is 5. The number of carbonyl (C=O) groups excluding carboxylic acids is 1. The van der Waals surface area contributed by atoms with Crippen molar-refractivity contribution in [3.63, 3.8) is 0 Å². The molecule has 0 spiro atoms. The molecule has 2 N–H and O–H groups in total. The standard InChI is InChI=1S/C19H23F3N8O2S/c1-3-4-11-9-12-14(25-18(26-15(12)33-11)32-8-5-24-17(31)23-2)29-6-7-30-13(10-29)27-28-16(30)19(20,21)22/h9H,3-8,10H2,1-2H3,(H2,23,24,31). The molecule has 0 saturated heterocycles. The molecular weight excluding hydrogens is 461 g/mol. The summed E-state index contributed by atoms with van der Waals surface area (Å²) in [4.78, 5) is 24.1. The number of hydrogen-bond donors (Lipinski definition) is 2. The van der Waals surface area contributed by atoms with Crippen molar-refractivity contribution in [3.8, 4) is 6.01 Å². The Hall–Kier alpha value is -3.16. The molecule has 4 rings (SSSR count). The molecular formula is C19H23F3N8O2S. The number of hydrogen-bond acceptors (Lipinski definition) is 8. The van der Waals surface area contributed by atoms with Crippen LogP contribution in [0.25, 0.3) is 10.2 Å². The van der Waals surface area contributed by atoms with Gasteiger partial charge in [-0.1, -0.05) is 13.3 Å². The third-order valence-corrected chi connectivity index (χ3v) is 6.14. The van der Waals surface area contributed by atoms with Crippen molar-refractivity contribution in [2.75, 3.05) is 31.6 Å². The van der Waals surface area contributed by atoms with Crippen molar-refractivity contribution >= 4 is 33.4 Å². The van der Waals surface area contributed by atoms with E-state index in [0.29, 0.717) is 12.4 Å². The first-order valence-electron chi connectivity index (χ1n) is 10.4. The van der Waals surface area contributed by atoms with Crippen molar-refractivity contribution in [2.45, 2.75) is 39.0 Å². The van der Waals surface area contributed by atoms with E-state index in [4.69, 9.17) is 4.74 Å². The maximum Gasteiger partial charge on any atom is 0.451 e. The Kier molecular flexibility index (Phi) is 6.54. The number of amides is 2. The van der Waals surface area contributed by atoms with Gasteiger partial charge in [0.25, 0.3) is 0 Å². The van der Waals surface area contributed by atoms with E-state index >= 15 is 0 Å². The van der Waals surface area contributed by atoms with Crippen LogP contribution in [-0.2, 0) is 25.7 Å². The number of fused-ring (bicyclic) bond motifs is 2. The van der Waals surface area contributed by atoms with E-state index in [-0.39, 0.29) is 44.1 Å². The monoisotopic (exact) mass is 484 g/mol. The molecule has 0 unspecified atom stereocenters. The zero-order chi connectivity index (χ0) is 23.6. The Balaban J connectivity index is 1.61. The number of anilines is 1. The molecule has 0 aromatic carbocycles. The second-order valence-corrected chi connectivity index (χ2v) is 8.49. The summed E-state index contributed by atoms with van der Waals surface area (Å²) in [5, 5.41) is 13.0. The van der Waals surface area contributed by atoms with Crippen LogP contribution in [0.1, 0.15) is 29.9 Å². The maximum atomic E-state index is 13.2. The van der Waals surface area contributed by atoms with Gasteiger partial charge in [-0.25, -0.2) is 4.79 Å². The van der Waals surface area contributed by atoms with Gasteiger partial charge in [-0.2, -0.15) is 23.1 Å². The molecule has 4 heterocycles. The third-order valence-electron chi connectivity index (χ3n) is 5.05. The molecule has 1 aliphatic rings. The molecule has 3 aromatic heterocycles. The molecule has 0 aliphatic carbocycles. The second kappa shape index (κ2) is 9.37. The minimum absolute atomic E-state index is 0.0842. The summed E-state index contributed by atoms with van der Waals surface area (Å²) < 4.78 is 46.3. The van der Waals surface area contributed by atoms with Gasteiger partial charge in [-0.15, -0.1) is 21.5 Å². The number of aryl methyl sites for hydroxylation is 1. The van der Waals surface area contributed by atoms with Crippen molar-refractivity contribution in [1.82, 2.24) is 35.4 Å². The van der Waals surface area contributed by atoms with Gasteiger partial charge in [0.15, 0.2) is 5.82 Å². The Morgan fingerprint density at radius 3 is 2.82 bits per heavy atom. The number of alkyl halides is 3. The lowest BCUT2D eigenvalue weighted by atomic mass is 10.2. The highest BCUT2D eigenvalue weighted by Crippen LogP contribution is 2.35. The zero-order valence-electron chi connectivity index (χ0n) is 18.1. The molecule has 0 fully saturated rings. The summed E-state index contributed by atoms with van der Waals surface area (Å²) in [5.74, 6) is -0.185. The van der Waals surface area contributed by atoms with Gasteiger partial charge in [0.2, 0.25) is 5.82 Å². The van der Waals surface area contributed by atoms with Gasteiger partial charge >= 0.3 is 18.2 Å². The lowest BCUT2D eigenvalue weighted by molar-refractivity contribution is -0.147. The summed E-state index contributed by atoms with van der Waals surface area (Å²) in [6.07, 6.45) is -2.70. The highest BCUT2D eigenvalue weighted by Gasteiger charge is 2.39. The highest BCUT2D eigenvalue weighted by atomic mass is 32.1. The van der Waals surface area contributed by atoms with Crippen LogP contribution in [0.2, 0.25) is 0 Å². The van der Waals surface area contributed by atoms with Crippen LogP contribution in [-0.4, -0.2) is 57.5 Å². The normalized spacial score (nSPS) is 13.8. The minimum atomic E-state index is -4.55. The lowest BCUT2D eigenvalue weighted by Crippen LogP contribution is -2.36. The van der Waals surface area contributed by atoms with Gasteiger partial charge in [-0.3, -0.25) is 0 Å². The number of halogens is 3.